The van der Waals surface area contributed by atoms with Crippen LogP contribution in [0.2, 0.25) is 10.0 Å². The van der Waals surface area contributed by atoms with E-state index in [2.05, 4.69) is 4.72 Å². The van der Waals surface area contributed by atoms with Gasteiger partial charge in [0.1, 0.15) is 0 Å². The fourth-order valence-corrected chi connectivity index (χ4v) is 4.64. The molecule has 0 aromatic heterocycles. The highest BCUT2D eigenvalue weighted by Crippen LogP contribution is 2.51. The van der Waals surface area contributed by atoms with Gasteiger partial charge in [0.2, 0.25) is 5.91 Å². The summed E-state index contributed by atoms with van der Waals surface area (Å²) in [5, 5.41) is 0.830. The minimum absolute atomic E-state index is 0.0938. The zero-order valence-electron chi connectivity index (χ0n) is 12.8. The topological polar surface area (TPSA) is 63.2 Å². The number of sulfonamides is 1. The lowest BCUT2D eigenvalue weighted by molar-refractivity contribution is -0.121. The van der Waals surface area contributed by atoms with E-state index in [0.717, 1.165) is 0 Å². The molecule has 0 bridgehead atoms. The van der Waals surface area contributed by atoms with E-state index >= 15 is 0 Å². The normalized spacial score (nSPS) is 15.8. The highest BCUT2D eigenvalue weighted by Gasteiger charge is 2.53. The molecular weight excluding hydrogens is 369 g/mol. The minimum atomic E-state index is -3.93. The van der Waals surface area contributed by atoms with Gasteiger partial charge in [-0.25, -0.2) is 13.1 Å². The number of nitrogens with one attached hydrogen (secondary N) is 1. The number of aryl methyl sites for hydroxylation is 1. The van der Waals surface area contributed by atoms with E-state index in [0.29, 0.717) is 34.0 Å². The maximum atomic E-state index is 12.7. The maximum Gasteiger partial charge on any atom is 0.264 e. The van der Waals surface area contributed by atoms with Crippen LogP contribution in [-0.4, -0.2) is 14.3 Å². The van der Waals surface area contributed by atoms with Gasteiger partial charge < -0.3 is 0 Å². The molecular formula is C17H15Cl2NO3S. The monoisotopic (exact) mass is 383 g/mol. The van der Waals surface area contributed by atoms with Crippen LogP contribution in [0.4, 0.5) is 0 Å². The van der Waals surface area contributed by atoms with E-state index in [1.807, 2.05) is 0 Å². The van der Waals surface area contributed by atoms with Crippen molar-refractivity contribution in [1.29, 1.82) is 0 Å². The van der Waals surface area contributed by atoms with E-state index in [1.165, 1.54) is 6.07 Å². The lowest BCUT2D eigenvalue weighted by Gasteiger charge is -2.18. The van der Waals surface area contributed by atoms with Gasteiger partial charge in [0.25, 0.3) is 10.0 Å². The van der Waals surface area contributed by atoms with Gasteiger partial charge in [-0.2, -0.15) is 0 Å². The molecule has 1 N–H and O–H groups in total. The molecule has 0 atom stereocenters. The van der Waals surface area contributed by atoms with Crippen molar-refractivity contribution in [3.63, 3.8) is 0 Å². The second-order valence-electron chi connectivity index (χ2n) is 5.91. The molecule has 2 aromatic rings. The summed E-state index contributed by atoms with van der Waals surface area (Å²) in [5.74, 6) is -0.560. The van der Waals surface area contributed by atoms with Crippen LogP contribution in [0.5, 0.6) is 0 Å². The van der Waals surface area contributed by atoms with E-state index in [1.54, 1.807) is 43.3 Å². The highest BCUT2D eigenvalue weighted by molar-refractivity contribution is 7.90. The number of hydrogen-bond acceptors (Lipinski definition) is 3. The van der Waals surface area contributed by atoms with E-state index in [-0.39, 0.29) is 4.90 Å². The summed E-state index contributed by atoms with van der Waals surface area (Å²) in [5.41, 5.74) is 0.274. The quantitative estimate of drug-likeness (QED) is 0.871. The summed E-state index contributed by atoms with van der Waals surface area (Å²) in [6.45, 7) is 1.68. The Kier molecular flexibility index (Phi) is 4.36. The molecule has 1 amide bonds. The molecule has 2 aromatic carbocycles. The highest BCUT2D eigenvalue weighted by atomic mass is 35.5. The summed E-state index contributed by atoms with van der Waals surface area (Å²) < 4.78 is 27.2. The molecule has 0 aliphatic heterocycles. The number of halogens is 2. The van der Waals surface area contributed by atoms with Gasteiger partial charge in [0.05, 0.1) is 10.3 Å². The molecule has 1 fully saturated rings. The predicted octanol–water partition coefficient (Wildman–Crippen LogP) is 3.84. The van der Waals surface area contributed by atoms with Gasteiger partial charge in [-0.3, -0.25) is 4.79 Å². The molecule has 0 heterocycles. The Labute approximate surface area is 150 Å². The van der Waals surface area contributed by atoms with Crippen molar-refractivity contribution in [2.75, 3.05) is 0 Å². The molecule has 126 valence electrons. The van der Waals surface area contributed by atoms with Crippen molar-refractivity contribution in [3.8, 4) is 0 Å². The molecule has 4 nitrogen and oxygen atoms in total. The van der Waals surface area contributed by atoms with Crippen molar-refractivity contribution >= 4 is 39.1 Å². The number of carbonyl (C=O) groups is 1. The number of carbonyl (C=O) groups excluding carboxylic acids is 1. The van der Waals surface area contributed by atoms with Crippen LogP contribution in [0.25, 0.3) is 0 Å². The Hall–Kier alpha value is -1.56. The average Bonchev–Trinajstić information content (AvgIpc) is 3.28. The third-order valence-corrected chi connectivity index (χ3v) is 6.28. The largest absolute Gasteiger partial charge is 0.273 e. The van der Waals surface area contributed by atoms with Crippen molar-refractivity contribution in [2.45, 2.75) is 30.1 Å². The molecule has 3 rings (SSSR count). The standard InChI is InChI=1S/C17H15Cl2NO3S/c1-11-4-2-3-5-15(11)24(22,23)20-16(21)17(8-9-17)13-7-6-12(18)10-14(13)19/h2-7,10H,8-9H2,1H3,(H,20,21). The van der Waals surface area contributed by atoms with Crippen LogP contribution in [0, 0.1) is 6.92 Å². The first kappa shape index (κ1) is 17.3. The van der Waals surface area contributed by atoms with Crippen molar-refractivity contribution < 1.29 is 13.2 Å². The molecule has 24 heavy (non-hydrogen) atoms. The predicted molar refractivity (Wildman–Crippen MR) is 93.9 cm³/mol. The summed E-state index contributed by atoms with van der Waals surface area (Å²) >= 11 is 12.1. The number of hydrogen-bond donors (Lipinski definition) is 1. The molecule has 7 heteroatoms. The Morgan fingerprint density at radius 1 is 1.12 bits per heavy atom. The lowest BCUT2D eigenvalue weighted by atomic mass is 9.95. The van der Waals surface area contributed by atoms with Crippen LogP contribution in [0.15, 0.2) is 47.4 Å². The van der Waals surface area contributed by atoms with Crippen molar-refractivity contribution in [2.24, 2.45) is 0 Å². The lowest BCUT2D eigenvalue weighted by Crippen LogP contribution is -2.39. The Morgan fingerprint density at radius 3 is 2.38 bits per heavy atom. The summed E-state index contributed by atoms with van der Waals surface area (Å²) in [6, 6.07) is 11.4. The first-order chi connectivity index (χ1) is 11.3. The zero-order valence-corrected chi connectivity index (χ0v) is 15.2. The van der Waals surface area contributed by atoms with E-state index < -0.39 is 21.3 Å². The smallest absolute Gasteiger partial charge is 0.264 e. The van der Waals surface area contributed by atoms with Crippen LogP contribution in [-0.2, 0) is 20.2 Å². The number of rotatable bonds is 4. The fraction of sp³-hybridized carbons (Fsp3) is 0.235. The summed E-state index contributed by atoms with van der Waals surface area (Å²) in [7, 11) is -3.93. The van der Waals surface area contributed by atoms with Gasteiger partial charge in [0, 0.05) is 10.0 Å². The van der Waals surface area contributed by atoms with Gasteiger partial charge in [0.15, 0.2) is 0 Å². The molecule has 0 saturated heterocycles. The zero-order chi connectivity index (χ0) is 17.5. The molecule has 0 unspecified atom stereocenters. The first-order valence-electron chi connectivity index (χ1n) is 7.35. The van der Waals surface area contributed by atoms with Crippen LogP contribution < -0.4 is 4.72 Å². The molecule has 0 radical (unpaired) electrons. The Morgan fingerprint density at radius 2 is 1.79 bits per heavy atom. The van der Waals surface area contributed by atoms with Gasteiger partial charge in [-0.15, -0.1) is 0 Å². The van der Waals surface area contributed by atoms with Crippen LogP contribution in [0.3, 0.4) is 0 Å². The number of benzene rings is 2. The number of amides is 1. The van der Waals surface area contributed by atoms with Crippen LogP contribution >= 0.6 is 23.2 Å². The van der Waals surface area contributed by atoms with E-state index in [4.69, 9.17) is 23.2 Å². The van der Waals surface area contributed by atoms with Crippen LogP contribution in [0.1, 0.15) is 24.0 Å². The molecule has 1 aliphatic carbocycles. The molecule has 1 saturated carbocycles. The van der Waals surface area contributed by atoms with Gasteiger partial charge in [-0.05, 0) is 49.1 Å². The second kappa shape index (κ2) is 6.06. The molecule has 1 aliphatic rings. The van der Waals surface area contributed by atoms with Gasteiger partial charge >= 0.3 is 0 Å². The second-order valence-corrected chi connectivity index (χ2v) is 8.40. The first-order valence-corrected chi connectivity index (χ1v) is 9.59. The molecule has 0 spiro atoms. The maximum absolute atomic E-state index is 12.7. The average molecular weight is 384 g/mol. The minimum Gasteiger partial charge on any atom is -0.273 e. The van der Waals surface area contributed by atoms with E-state index in [9.17, 15) is 13.2 Å². The third kappa shape index (κ3) is 3.04. The summed E-state index contributed by atoms with van der Waals surface area (Å²) in [6.07, 6.45) is 1.09. The van der Waals surface area contributed by atoms with Gasteiger partial charge in [-0.1, -0.05) is 47.5 Å². The third-order valence-electron chi connectivity index (χ3n) is 4.24. The Balaban J connectivity index is 1.91. The van der Waals surface area contributed by atoms with Crippen molar-refractivity contribution in [1.82, 2.24) is 4.72 Å². The fourth-order valence-electron chi connectivity index (χ4n) is 2.75. The SMILES string of the molecule is Cc1ccccc1S(=O)(=O)NC(=O)C1(c2ccc(Cl)cc2Cl)CC1. The summed E-state index contributed by atoms with van der Waals surface area (Å²) in [4.78, 5) is 12.8. The van der Waals surface area contributed by atoms with Crippen molar-refractivity contribution in [3.05, 3.63) is 63.6 Å². The Bertz CT molecular complexity index is 921.